The fourth-order valence-corrected chi connectivity index (χ4v) is 18.6. The van der Waals surface area contributed by atoms with Gasteiger partial charge in [-0.25, -0.2) is 0 Å². The molecule has 65 heavy (non-hydrogen) atoms. The maximum atomic E-state index is 14.3. The average Bonchev–Trinajstić information content (AvgIpc) is 4.08. The minimum absolute atomic E-state index is 0.0598. The molecule has 12 rings (SSSR count). The Labute approximate surface area is 385 Å². The van der Waals surface area contributed by atoms with Crippen molar-refractivity contribution in [1.82, 2.24) is 29.5 Å². The highest BCUT2D eigenvalue weighted by molar-refractivity contribution is 5.84. The number of aromatic nitrogens is 6. The van der Waals surface area contributed by atoms with Gasteiger partial charge in [0, 0.05) is 30.7 Å². The first-order valence-electron chi connectivity index (χ1n) is 26.4. The van der Waals surface area contributed by atoms with Gasteiger partial charge in [0.2, 0.25) is 0 Å². The topological polar surface area (TPSA) is 136 Å². The van der Waals surface area contributed by atoms with Gasteiger partial charge >= 0.3 is 0 Å². The third-order valence-corrected chi connectivity index (χ3v) is 21.7. The van der Waals surface area contributed by atoms with Crippen molar-refractivity contribution in [3.05, 3.63) is 48.5 Å². The molecule has 0 unspecified atom stereocenters. The summed E-state index contributed by atoms with van der Waals surface area (Å²) in [6.07, 6.45) is 28.8. The smallest absolute Gasteiger partial charge is 0.157 e. The van der Waals surface area contributed by atoms with Crippen LogP contribution in [0.25, 0.3) is 22.1 Å². The van der Waals surface area contributed by atoms with E-state index in [1.807, 2.05) is 33.9 Å². The van der Waals surface area contributed by atoms with Crippen molar-refractivity contribution in [1.29, 1.82) is 0 Å². The summed E-state index contributed by atoms with van der Waals surface area (Å²) in [5.41, 5.74) is 3.39. The second kappa shape index (κ2) is 15.8. The molecule has 8 aliphatic carbocycles. The van der Waals surface area contributed by atoms with Crippen molar-refractivity contribution in [2.45, 2.75) is 173 Å². The third kappa shape index (κ3) is 7.04. The number of nitrogens with zero attached hydrogens (tertiary/aromatic N) is 6. The number of pyridine rings is 2. The van der Waals surface area contributed by atoms with Gasteiger partial charge in [-0.1, -0.05) is 20.8 Å². The van der Waals surface area contributed by atoms with E-state index >= 15 is 0 Å². The number of carbonyl (C=O) groups excluding carboxylic acids is 2. The van der Waals surface area contributed by atoms with Crippen LogP contribution in [-0.2, 0) is 29.1 Å². The Hall–Kier alpha value is -3.50. The number of fused-ring (bicyclic) bond motifs is 12. The Morgan fingerprint density at radius 3 is 1.94 bits per heavy atom. The second-order valence-corrected chi connectivity index (χ2v) is 24.4. The highest BCUT2D eigenvalue weighted by atomic mass is 16.3. The second-order valence-electron chi connectivity index (χ2n) is 24.4. The van der Waals surface area contributed by atoms with Crippen molar-refractivity contribution in [3.8, 4) is 0 Å². The summed E-state index contributed by atoms with van der Waals surface area (Å²) in [4.78, 5) is 37.5. The summed E-state index contributed by atoms with van der Waals surface area (Å²) in [5.74, 6) is 7.63. The van der Waals surface area contributed by atoms with Crippen molar-refractivity contribution < 1.29 is 19.8 Å². The molecule has 0 radical (unpaired) electrons. The van der Waals surface area contributed by atoms with E-state index in [2.05, 4.69) is 36.9 Å². The lowest BCUT2D eigenvalue weighted by atomic mass is 9.48. The molecule has 16 atom stereocenters. The summed E-state index contributed by atoms with van der Waals surface area (Å²) in [5, 5.41) is 32.9. The average molecular weight is 883 g/mol. The molecule has 8 fully saturated rings. The van der Waals surface area contributed by atoms with Crippen LogP contribution < -0.4 is 0 Å². The fraction of sp³-hybridized carbons (Fsp3) is 0.745. The Bertz CT molecular complexity index is 2480. The van der Waals surface area contributed by atoms with Crippen LogP contribution in [0.2, 0.25) is 0 Å². The predicted molar refractivity (Wildman–Crippen MR) is 250 cm³/mol. The molecule has 348 valence electrons. The number of carbonyl (C=O) groups is 2. The molecule has 4 aromatic rings. The van der Waals surface area contributed by atoms with Gasteiger partial charge in [0.15, 0.2) is 11.6 Å². The molecule has 0 saturated heterocycles. The van der Waals surface area contributed by atoms with Gasteiger partial charge in [0.25, 0.3) is 0 Å². The predicted octanol–water partition coefficient (Wildman–Crippen LogP) is 9.97. The Kier molecular flexibility index (Phi) is 10.4. The van der Waals surface area contributed by atoms with Crippen LogP contribution in [0.5, 0.6) is 0 Å². The molecule has 8 saturated carbocycles. The number of aliphatic hydroxyl groups is 2. The van der Waals surface area contributed by atoms with Crippen LogP contribution in [0.1, 0.15) is 148 Å². The molecule has 0 spiro atoms. The molecular weight excluding hydrogens is 809 g/mol. The van der Waals surface area contributed by atoms with Crippen LogP contribution in [0.15, 0.2) is 43.0 Å². The molecule has 0 amide bonds. The molecule has 10 nitrogen and oxygen atoms in total. The van der Waals surface area contributed by atoms with Gasteiger partial charge < -0.3 is 10.2 Å². The van der Waals surface area contributed by atoms with Gasteiger partial charge in [0.1, 0.15) is 23.1 Å². The number of hydrogen-bond donors (Lipinski definition) is 2. The van der Waals surface area contributed by atoms with Crippen LogP contribution in [0.4, 0.5) is 0 Å². The number of ketones is 2. The Morgan fingerprint density at radius 2 is 1.28 bits per heavy atom. The van der Waals surface area contributed by atoms with Gasteiger partial charge in [-0.15, -0.1) is 0 Å². The largest absolute Gasteiger partial charge is 0.390 e. The molecule has 0 aromatic carbocycles. The quantitative estimate of drug-likeness (QED) is 0.170. The maximum Gasteiger partial charge on any atom is 0.157 e. The molecule has 10 heteroatoms. The standard InChI is InChI=1S/C55H74N6O4/c1-4-54(64)21-17-36-34(26-54)7-9-40-38(36)15-19-52(2)42(40)11-13-44(52)50(62)31-60-30-48-46(59-60)24-33(28-57-48)25-55(65)22-18-37-35(27-55)8-10-41-39(37)16-20-53(3)43(41)12-14-45(53)51(63)32-61-49-6-5-23-56-47(49)29-58-61/h5-6,23-24,28-30,34-45,64-65H,4,7-22,25-27,31-32H2,1-3H3/t34-,35-,36+,37+,38-,39-,40-,41-,42+,43+,44-,45-,52+,53+,54-,55+/m1/s1. The zero-order valence-corrected chi connectivity index (χ0v) is 39.4. The first-order valence-corrected chi connectivity index (χ1v) is 26.4. The SMILES string of the molecule is CC[C@@]1(O)CC[C@H]2[C@H](CC[C@@H]3[C@@H]2CC[C@]2(C)[C@@H](C(=O)Cn4cc5ncc(C[C@@]6(O)CC[C@H]7[C@H](CC[C@@H]8[C@@H]7CC[C@]7(C)[C@@H](C(=O)Cn9ncc%10ncccc%109)CC[C@@H]87)C6)cc5n4)CC[C@@H]32)C1. The number of rotatable bonds is 9. The Balaban J connectivity index is 0.663. The summed E-state index contributed by atoms with van der Waals surface area (Å²) in [6, 6.07) is 6.05. The fourth-order valence-electron chi connectivity index (χ4n) is 18.6. The monoisotopic (exact) mass is 883 g/mol. The third-order valence-electron chi connectivity index (χ3n) is 21.7. The lowest BCUT2D eigenvalue weighted by molar-refractivity contribution is -0.134. The zero-order chi connectivity index (χ0) is 44.5. The van der Waals surface area contributed by atoms with E-state index in [0.717, 1.165) is 116 Å². The summed E-state index contributed by atoms with van der Waals surface area (Å²) >= 11 is 0. The van der Waals surface area contributed by atoms with Crippen LogP contribution in [0.3, 0.4) is 0 Å². The van der Waals surface area contributed by atoms with E-state index in [1.54, 1.807) is 12.4 Å². The normalized spacial score (nSPS) is 43.3. The number of Topliss-reactive ketones (excluding diaryl/α,β-unsaturated/α-hetero) is 2. The van der Waals surface area contributed by atoms with Gasteiger partial charge in [0.05, 0.1) is 35.7 Å². The lowest BCUT2D eigenvalue weighted by Gasteiger charge is -2.57. The minimum Gasteiger partial charge on any atom is -0.390 e. The van der Waals surface area contributed by atoms with Crippen molar-refractivity contribution in [3.63, 3.8) is 0 Å². The van der Waals surface area contributed by atoms with Crippen molar-refractivity contribution in [2.75, 3.05) is 0 Å². The molecule has 0 aliphatic heterocycles. The summed E-state index contributed by atoms with van der Waals surface area (Å²) < 4.78 is 3.71. The maximum absolute atomic E-state index is 14.3. The Morgan fingerprint density at radius 1 is 0.662 bits per heavy atom. The van der Waals surface area contributed by atoms with Crippen LogP contribution in [-0.4, -0.2) is 62.5 Å². The van der Waals surface area contributed by atoms with E-state index in [4.69, 9.17) is 10.1 Å². The van der Waals surface area contributed by atoms with E-state index in [9.17, 15) is 19.8 Å². The van der Waals surface area contributed by atoms with Gasteiger partial charge in [-0.05, 0) is 216 Å². The van der Waals surface area contributed by atoms with E-state index in [0.29, 0.717) is 72.5 Å². The first-order chi connectivity index (χ1) is 31.3. The van der Waals surface area contributed by atoms with E-state index < -0.39 is 11.2 Å². The van der Waals surface area contributed by atoms with Crippen LogP contribution >= 0.6 is 0 Å². The molecule has 0 bridgehead atoms. The minimum atomic E-state index is -0.745. The van der Waals surface area contributed by atoms with Crippen molar-refractivity contribution in [2.24, 2.45) is 81.8 Å². The highest BCUT2D eigenvalue weighted by Gasteiger charge is 2.61. The van der Waals surface area contributed by atoms with Gasteiger partial charge in [-0.3, -0.25) is 28.9 Å². The zero-order valence-electron chi connectivity index (χ0n) is 39.4. The summed E-state index contributed by atoms with van der Waals surface area (Å²) in [6.45, 7) is 7.68. The van der Waals surface area contributed by atoms with E-state index in [1.165, 1.54) is 51.4 Å². The molecule has 4 aromatic heterocycles. The first kappa shape index (κ1) is 42.8. The van der Waals surface area contributed by atoms with Gasteiger partial charge in [-0.2, -0.15) is 10.2 Å². The lowest BCUT2D eigenvalue weighted by Crippen LogP contribution is -2.52. The van der Waals surface area contributed by atoms with Crippen molar-refractivity contribution >= 4 is 33.6 Å². The molecule has 4 heterocycles. The number of hydrogen-bond acceptors (Lipinski definition) is 8. The highest BCUT2D eigenvalue weighted by Crippen LogP contribution is 2.66. The molecule has 8 aliphatic rings. The molecular formula is C55H74N6O4. The summed E-state index contributed by atoms with van der Waals surface area (Å²) in [7, 11) is 0. The van der Waals surface area contributed by atoms with E-state index in [-0.39, 0.29) is 22.7 Å². The van der Waals surface area contributed by atoms with Crippen LogP contribution in [0, 0.1) is 81.8 Å². The molecule has 2 N–H and O–H groups in total.